The average Bonchev–Trinajstić information content (AvgIpc) is 2.26. The molecule has 1 aromatic heterocycles. The minimum Gasteiger partial charge on any atom is -0.462 e. The lowest BCUT2D eigenvalue weighted by Gasteiger charge is -2.12. The van der Waals surface area contributed by atoms with Crippen LogP contribution in [0.5, 0.6) is 0 Å². The van der Waals surface area contributed by atoms with Crippen LogP contribution < -0.4 is 5.32 Å². The molecule has 18 heavy (non-hydrogen) atoms. The molecule has 4 nitrogen and oxygen atoms in total. The fourth-order valence-electron chi connectivity index (χ4n) is 1.13. The number of esters is 1. The molecule has 0 bridgehead atoms. The van der Waals surface area contributed by atoms with Crippen LogP contribution in [-0.2, 0) is 4.74 Å². The molecule has 0 aliphatic heterocycles. The van der Waals surface area contributed by atoms with Crippen LogP contribution >= 0.6 is 11.6 Å². The van der Waals surface area contributed by atoms with Crippen LogP contribution in [0.25, 0.3) is 0 Å². The molecular weight excluding hydrogens is 273 g/mol. The Labute approximate surface area is 106 Å². The smallest absolute Gasteiger partial charge is 0.405 e. The van der Waals surface area contributed by atoms with E-state index in [1.807, 2.05) is 5.32 Å². The molecule has 0 spiro atoms. The lowest BCUT2D eigenvalue weighted by molar-refractivity contribution is -0.115. The Morgan fingerprint density at radius 1 is 1.56 bits per heavy atom. The van der Waals surface area contributed by atoms with Crippen molar-refractivity contribution in [1.29, 1.82) is 0 Å². The van der Waals surface area contributed by atoms with Gasteiger partial charge in [0.1, 0.15) is 17.9 Å². The van der Waals surface area contributed by atoms with Gasteiger partial charge in [-0.3, -0.25) is 0 Å². The number of aromatic nitrogens is 1. The van der Waals surface area contributed by atoms with E-state index in [2.05, 4.69) is 4.98 Å². The van der Waals surface area contributed by atoms with E-state index in [1.54, 1.807) is 6.92 Å². The second kappa shape index (κ2) is 5.90. The number of rotatable bonds is 4. The van der Waals surface area contributed by atoms with Gasteiger partial charge in [-0.15, -0.1) is 0 Å². The third kappa shape index (κ3) is 4.40. The standard InChI is InChI=1S/C10H10ClF3N2O2/c1-2-18-9(17)7-3-6(11)4-15-8(7)16-5-10(12,13)14/h3-4H,2,5H2,1H3,(H,15,16). The molecule has 0 aliphatic rings. The lowest BCUT2D eigenvalue weighted by Crippen LogP contribution is -2.23. The molecule has 0 unspecified atom stereocenters. The molecule has 1 aromatic rings. The number of alkyl halides is 3. The lowest BCUT2D eigenvalue weighted by atomic mass is 10.2. The van der Waals surface area contributed by atoms with Gasteiger partial charge in [0.2, 0.25) is 0 Å². The molecule has 0 saturated carbocycles. The highest BCUT2D eigenvalue weighted by Crippen LogP contribution is 2.21. The molecule has 1 N–H and O–H groups in total. The Morgan fingerprint density at radius 3 is 2.78 bits per heavy atom. The van der Waals surface area contributed by atoms with Crippen LogP contribution in [0.1, 0.15) is 17.3 Å². The third-order valence-electron chi connectivity index (χ3n) is 1.81. The van der Waals surface area contributed by atoms with Gasteiger partial charge in [-0.25, -0.2) is 9.78 Å². The summed E-state index contributed by atoms with van der Waals surface area (Å²) in [6.45, 7) is 0.386. The normalized spacial score (nSPS) is 11.2. The van der Waals surface area contributed by atoms with Crippen molar-refractivity contribution in [2.45, 2.75) is 13.1 Å². The SMILES string of the molecule is CCOC(=O)c1cc(Cl)cnc1NCC(F)(F)F. The van der Waals surface area contributed by atoms with Gasteiger partial charge in [0.05, 0.1) is 11.6 Å². The summed E-state index contributed by atoms with van der Waals surface area (Å²) in [7, 11) is 0. The number of nitrogens with zero attached hydrogens (tertiary/aromatic N) is 1. The van der Waals surface area contributed by atoms with E-state index in [0.717, 1.165) is 6.20 Å². The monoisotopic (exact) mass is 282 g/mol. The topological polar surface area (TPSA) is 51.2 Å². The fourth-order valence-corrected chi connectivity index (χ4v) is 1.29. The number of carbonyl (C=O) groups excluding carboxylic acids is 1. The van der Waals surface area contributed by atoms with Crippen molar-refractivity contribution >= 4 is 23.4 Å². The maximum absolute atomic E-state index is 12.1. The van der Waals surface area contributed by atoms with E-state index in [0.29, 0.717) is 0 Å². The van der Waals surface area contributed by atoms with Crippen molar-refractivity contribution in [2.75, 3.05) is 18.5 Å². The number of hydrogen-bond donors (Lipinski definition) is 1. The number of ether oxygens (including phenoxy) is 1. The van der Waals surface area contributed by atoms with E-state index in [9.17, 15) is 18.0 Å². The summed E-state index contributed by atoms with van der Waals surface area (Å²) in [5, 5.41) is 2.16. The molecule has 0 saturated heterocycles. The summed E-state index contributed by atoms with van der Waals surface area (Å²) in [6, 6.07) is 1.20. The zero-order chi connectivity index (χ0) is 13.8. The first-order valence-electron chi connectivity index (χ1n) is 4.96. The van der Waals surface area contributed by atoms with Crippen LogP contribution in [0, 0.1) is 0 Å². The Morgan fingerprint density at radius 2 is 2.22 bits per heavy atom. The van der Waals surface area contributed by atoms with E-state index in [-0.39, 0.29) is 23.0 Å². The van der Waals surface area contributed by atoms with E-state index >= 15 is 0 Å². The van der Waals surface area contributed by atoms with Crippen LogP contribution in [0.2, 0.25) is 5.02 Å². The van der Waals surface area contributed by atoms with Gasteiger partial charge >= 0.3 is 12.1 Å². The van der Waals surface area contributed by atoms with E-state index < -0.39 is 18.7 Å². The molecule has 0 fully saturated rings. The molecule has 1 rings (SSSR count). The fraction of sp³-hybridized carbons (Fsp3) is 0.400. The zero-order valence-corrected chi connectivity index (χ0v) is 10.1. The molecule has 0 aromatic carbocycles. The molecule has 0 amide bonds. The van der Waals surface area contributed by atoms with Gasteiger partial charge in [0.15, 0.2) is 0 Å². The Bertz CT molecular complexity index is 438. The Balaban J connectivity index is 2.93. The van der Waals surface area contributed by atoms with Gasteiger partial charge in [0.25, 0.3) is 0 Å². The Kier molecular flexibility index (Phi) is 4.77. The maximum Gasteiger partial charge on any atom is 0.405 e. The van der Waals surface area contributed by atoms with Gasteiger partial charge < -0.3 is 10.1 Å². The molecule has 0 radical (unpaired) electrons. The first-order chi connectivity index (χ1) is 8.33. The summed E-state index contributed by atoms with van der Waals surface area (Å²) in [6.07, 6.45) is -3.27. The second-order valence-electron chi connectivity index (χ2n) is 3.24. The predicted molar refractivity (Wildman–Crippen MR) is 59.7 cm³/mol. The van der Waals surface area contributed by atoms with Crippen LogP contribution in [0.4, 0.5) is 19.0 Å². The second-order valence-corrected chi connectivity index (χ2v) is 3.68. The number of nitrogens with one attached hydrogen (secondary N) is 1. The number of carbonyl (C=O) groups is 1. The molecule has 1 heterocycles. The van der Waals surface area contributed by atoms with Crippen LogP contribution in [0.3, 0.4) is 0 Å². The highest BCUT2D eigenvalue weighted by molar-refractivity contribution is 6.30. The van der Waals surface area contributed by atoms with Crippen molar-refractivity contribution < 1.29 is 22.7 Å². The first-order valence-corrected chi connectivity index (χ1v) is 5.34. The van der Waals surface area contributed by atoms with Gasteiger partial charge in [-0.1, -0.05) is 11.6 Å². The maximum atomic E-state index is 12.1. The molecule has 0 aliphatic carbocycles. The Hall–Kier alpha value is -1.50. The summed E-state index contributed by atoms with van der Waals surface area (Å²) in [5.74, 6) is -0.993. The van der Waals surface area contributed by atoms with E-state index in [1.165, 1.54) is 6.07 Å². The largest absolute Gasteiger partial charge is 0.462 e. The van der Waals surface area contributed by atoms with Gasteiger partial charge in [-0.05, 0) is 13.0 Å². The third-order valence-corrected chi connectivity index (χ3v) is 2.01. The number of halogens is 4. The van der Waals surface area contributed by atoms with Crippen LogP contribution in [0.15, 0.2) is 12.3 Å². The number of pyridine rings is 1. The van der Waals surface area contributed by atoms with Crippen molar-refractivity contribution in [1.82, 2.24) is 4.98 Å². The number of hydrogen-bond acceptors (Lipinski definition) is 4. The summed E-state index contributed by atoms with van der Waals surface area (Å²) < 4.78 is 40.9. The van der Waals surface area contributed by atoms with Crippen LogP contribution in [-0.4, -0.2) is 30.3 Å². The summed E-state index contributed by atoms with van der Waals surface area (Å²) in [4.78, 5) is 15.1. The van der Waals surface area contributed by atoms with Crippen molar-refractivity contribution in [3.8, 4) is 0 Å². The highest BCUT2D eigenvalue weighted by Gasteiger charge is 2.28. The van der Waals surface area contributed by atoms with Gasteiger partial charge in [-0.2, -0.15) is 13.2 Å². The summed E-state index contributed by atoms with van der Waals surface area (Å²) >= 11 is 5.63. The molecule has 100 valence electrons. The van der Waals surface area contributed by atoms with E-state index in [4.69, 9.17) is 16.3 Å². The molecule has 8 heteroatoms. The zero-order valence-electron chi connectivity index (χ0n) is 9.34. The summed E-state index contributed by atoms with van der Waals surface area (Å²) in [5.41, 5.74) is -0.131. The minimum atomic E-state index is -4.41. The number of anilines is 1. The first kappa shape index (κ1) is 14.6. The molecule has 0 atom stereocenters. The quantitative estimate of drug-likeness (QED) is 0.863. The molecular formula is C10H10ClF3N2O2. The van der Waals surface area contributed by atoms with Crippen molar-refractivity contribution in [3.63, 3.8) is 0 Å². The highest BCUT2D eigenvalue weighted by atomic mass is 35.5. The predicted octanol–water partition coefficient (Wildman–Crippen LogP) is 2.89. The van der Waals surface area contributed by atoms with Gasteiger partial charge in [0, 0.05) is 6.20 Å². The average molecular weight is 283 g/mol. The minimum absolute atomic E-state index is 0.101. The van der Waals surface area contributed by atoms with Crippen molar-refractivity contribution in [3.05, 3.63) is 22.8 Å². The van der Waals surface area contributed by atoms with Crippen molar-refractivity contribution in [2.24, 2.45) is 0 Å².